The van der Waals surface area contributed by atoms with E-state index in [4.69, 9.17) is 28.9 Å². The highest BCUT2D eigenvalue weighted by molar-refractivity contribution is 7.94. The van der Waals surface area contributed by atoms with Crippen molar-refractivity contribution >= 4 is 67.2 Å². The van der Waals surface area contributed by atoms with E-state index >= 15 is 0 Å². The van der Waals surface area contributed by atoms with Crippen LogP contribution in [0.3, 0.4) is 0 Å². The summed E-state index contributed by atoms with van der Waals surface area (Å²) in [7, 11) is -4.06. The molecule has 0 aliphatic heterocycles. The first-order chi connectivity index (χ1) is 13.7. The highest BCUT2D eigenvalue weighted by Crippen LogP contribution is 2.25. The lowest BCUT2D eigenvalue weighted by Gasteiger charge is -2.05. The Kier molecular flexibility index (Phi) is 6.03. The Hall–Kier alpha value is -2.73. The summed E-state index contributed by atoms with van der Waals surface area (Å²) in [6.45, 7) is 0. The van der Waals surface area contributed by atoms with E-state index in [0.29, 0.717) is 16.4 Å². The summed E-state index contributed by atoms with van der Waals surface area (Å²) in [5.74, 6) is -1.23. The molecule has 0 saturated heterocycles. The van der Waals surface area contributed by atoms with Crippen molar-refractivity contribution in [2.45, 2.75) is 4.34 Å². The lowest BCUT2D eigenvalue weighted by Crippen LogP contribution is -2.14. The minimum absolute atomic E-state index is 0.0366. The molecule has 0 aliphatic carbocycles. The van der Waals surface area contributed by atoms with Crippen molar-refractivity contribution in [3.63, 3.8) is 0 Å². The molecule has 1 heterocycles. The molecular weight excluding hydrogens is 461 g/mol. The molecular formula is C16H11Cl2N5O4S2. The average molecular weight is 472 g/mol. The molecule has 29 heavy (non-hydrogen) atoms. The monoisotopic (exact) mass is 471 g/mol. The van der Waals surface area contributed by atoms with E-state index in [2.05, 4.69) is 20.2 Å². The predicted molar refractivity (Wildman–Crippen MR) is 110 cm³/mol. The number of nitrogens with two attached hydrogens (primary N) is 1. The molecule has 0 radical (unpaired) electrons. The molecule has 0 unspecified atom stereocenters. The number of nitrogens with zero attached hydrogens (tertiary/aromatic N) is 2. The van der Waals surface area contributed by atoms with Crippen molar-refractivity contribution in [2.24, 2.45) is 5.73 Å². The second-order valence-electron chi connectivity index (χ2n) is 5.50. The number of rotatable bonds is 6. The molecule has 3 rings (SSSR count). The molecule has 13 heteroatoms. The topological polar surface area (TPSA) is 144 Å². The van der Waals surface area contributed by atoms with E-state index in [9.17, 15) is 18.0 Å². The Morgan fingerprint density at radius 2 is 1.72 bits per heavy atom. The standard InChI is InChI=1S/C16H11Cl2N5O4S2/c17-9-3-6-11(12(18)7-9)14(25)20-15-21-22-16(28-15)29(26,27)23-10-4-1-8(2-5-10)13(19)24/h1-7,23H,(H2,19,24)(H,20,21,25). The van der Waals surface area contributed by atoms with Crippen LogP contribution in [0.2, 0.25) is 10.0 Å². The van der Waals surface area contributed by atoms with Gasteiger partial charge in [0.05, 0.1) is 10.6 Å². The molecule has 150 valence electrons. The summed E-state index contributed by atoms with van der Waals surface area (Å²) in [5.41, 5.74) is 5.71. The van der Waals surface area contributed by atoms with Crippen LogP contribution in [0.1, 0.15) is 20.7 Å². The molecule has 3 aromatic rings. The number of aromatic nitrogens is 2. The largest absolute Gasteiger partial charge is 0.366 e. The number of primary amides is 1. The second-order valence-corrected chi connectivity index (χ2v) is 9.18. The van der Waals surface area contributed by atoms with Crippen LogP contribution in [-0.2, 0) is 10.0 Å². The van der Waals surface area contributed by atoms with Crippen molar-refractivity contribution in [1.29, 1.82) is 0 Å². The van der Waals surface area contributed by atoms with E-state index < -0.39 is 21.8 Å². The van der Waals surface area contributed by atoms with Crippen molar-refractivity contribution < 1.29 is 18.0 Å². The lowest BCUT2D eigenvalue weighted by molar-refractivity contribution is 0.0997. The fraction of sp³-hybridized carbons (Fsp3) is 0. The molecule has 0 fully saturated rings. The van der Waals surface area contributed by atoms with Gasteiger partial charge in [-0.05, 0) is 42.5 Å². The van der Waals surface area contributed by atoms with E-state index in [0.717, 1.165) is 0 Å². The average Bonchev–Trinajstić information content (AvgIpc) is 3.11. The maximum atomic E-state index is 12.4. The Morgan fingerprint density at radius 3 is 2.34 bits per heavy atom. The molecule has 2 aromatic carbocycles. The zero-order chi connectivity index (χ0) is 21.2. The van der Waals surface area contributed by atoms with E-state index in [-0.39, 0.29) is 31.3 Å². The van der Waals surface area contributed by atoms with Crippen LogP contribution < -0.4 is 15.8 Å². The summed E-state index contributed by atoms with van der Waals surface area (Å²) in [6.07, 6.45) is 0. The quantitative estimate of drug-likeness (QED) is 0.471. The number of sulfonamides is 1. The number of nitrogens with one attached hydrogen (secondary N) is 2. The minimum atomic E-state index is -4.06. The summed E-state index contributed by atoms with van der Waals surface area (Å²) in [5, 5.41) is 10.1. The van der Waals surface area contributed by atoms with Gasteiger partial charge >= 0.3 is 0 Å². The number of carbonyl (C=O) groups is 2. The Balaban J connectivity index is 1.74. The molecule has 0 saturated carbocycles. The highest BCUT2D eigenvalue weighted by atomic mass is 35.5. The Morgan fingerprint density at radius 1 is 1.03 bits per heavy atom. The summed E-state index contributed by atoms with van der Waals surface area (Å²) < 4.78 is 26.8. The fourth-order valence-corrected chi connectivity index (χ4v) is 4.56. The lowest BCUT2D eigenvalue weighted by atomic mass is 10.2. The molecule has 1 aromatic heterocycles. The fourth-order valence-electron chi connectivity index (χ4n) is 2.11. The number of anilines is 2. The van der Waals surface area contributed by atoms with Gasteiger partial charge in [0.2, 0.25) is 11.0 Å². The molecule has 9 nitrogen and oxygen atoms in total. The third kappa shape index (κ3) is 5.01. The number of hydrogen-bond acceptors (Lipinski definition) is 7. The smallest absolute Gasteiger partial charge is 0.291 e. The van der Waals surface area contributed by atoms with Crippen LogP contribution in [0.5, 0.6) is 0 Å². The van der Waals surface area contributed by atoms with E-state index in [1.807, 2.05) is 0 Å². The van der Waals surface area contributed by atoms with Gasteiger partial charge in [-0.25, -0.2) is 0 Å². The second kappa shape index (κ2) is 8.33. The van der Waals surface area contributed by atoms with Crippen molar-refractivity contribution in [2.75, 3.05) is 10.0 Å². The minimum Gasteiger partial charge on any atom is -0.366 e. The number of hydrogen-bond donors (Lipinski definition) is 3. The first-order valence-corrected chi connectivity index (χ1v) is 10.7. The van der Waals surface area contributed by atoms with Gasteiger partial charge in [0.1, 0.15) is 0 Å². The van der Waals surface area contributed by atoms with E-state index in [1.165, 1.54) is 42.5 Å². The van der Waals surface area contributed by atoms with E-state index in [1.54, 1.807) is 0 Å². The maximum absolute atomic E-state index is 12.4. The summed E-state index contributed by atoms with van der Waals surface area (Å²) >= 11 is 12.4. The van der Waals surface area contributed by atoms with Crippen LogP contribution in [0.25, 0.3) is 0 Å². The van der Waals surface area contributed by atoms with Gasteiger partial charge in [-0.1, -0.05) is 34.5 Å². The van der Waals surface area contributed by atoms with Gasteiger partial charge in [-0.2, -0.15) is 8.42 Å². The summed E-state index contributed by atoms with van der Waals surface area (Å²) in [6, 6.07) is 9.83. The highest BCUT2D eigenvalue weighted by Gasteiger charge is 2.22. The van der Waals surface area contributed by atoms with Gasteiger partial charge in [0, 0.05) is 16.3 Å². The van der Waals surface area contributed by atoms with Crippen LogP contribution in [0.15, 0.2) is 46.8 Å². The molecule has 0 atom stereocenters. The third-order valence-corrected chi connectivity index (χ3v) is 6.59. The van der Waals surface area contributed by atoms with Gasteiger partial charge in [0.25, 0.3) is 20.3 Å². The Labute approximate surface area is 178 Å². The normalized spacial score (nSPS) is 11.1. The SMILES string of the molecule is NC(=O)c1ccc(NS(=O)(=O)c2nnc(NC(=O)c3ccc(Cl)cc3Cl)s2)cc1. The first-order valence-electron chi connectivity index (χ1n) is 7.68. The zero-order valence-corrected chi connectivity index (χ0v) is 17.4. The molecule has 4 N–H and O–H groups in total. The van der Waals surface area contributed by atoms with Crippen LogP contribution >= 0.6 is 34.5 Å². The van der Waals surface area contributed by atoms with Crippen LogP contribution in [0, 0.1) is 0 Å². The molecule has 0 spiro atoms. The first kappa shape index (κ1) is 21.0. The maximum Gasteiger partial charge on any atom is 0.291 e. The predicted octanol–water partition coefficient (Wildman–Crippen LogP) is 3.00. The number of benzene rings is 2. The number of amides is 2. The van der Waals surface area contributed by atoms with Crippen LogP contribution in [-0.4, -0.2) is 30.4 Å². The zero-order valence-electron chi connectivity index (χ0n) is 14.2. The van der Waals surface area contributed by atoms with Crippen LogP contribution in [0.4, 0.5) is 10.8 Å². The summed E-state index contributed by atoms with van der Waals surface area (Å²) in [4.78, 5) is 23.3. The number of carbonyl (C=O) groups excluding carboxylic acids is 2. The molecule has 2 amide bonds. The molecule has 0 aliphatic rings. The number of halogens is 2. The van der Waals surface area contributed by atoms with Gasteiger partial charge in [-0.3, -0.25) is 19.6 Å². The Bertz CT molecular complexity index is 1200. The third-order valence-electron chi connectivity index (χ3n) is 3.45. The van der Waals surface area contributed by atoms with Gasteiger partial charge in [0.15, 0.2) is 0 Å². The van der Waals surface area contributed by atoms with Crippen molar-refractivity contribution in [3.05, 3.63) is 63.6 Å². The van der Waals surface area contributed by atoms with Gasteiger partial charge in [-0.15, -0.1) is 10.2 Å². The molecule has 0 bridgehead atoms. The van der Waals surface area contributed by atoms with Crippen molar-refractivity contribution in [3.8, 4) is 0 Å². The van der Waals surface area contributed by atoms with Crippen molar-refractivity contribution in [1.82, 2.24) is 10.2 Å². The van der Waals surface area contributed by atoms with Gasteiger partial charge < -0.3 is 5.73 Å².